The minimum atomic E-state index is -0.639. The van der Waals surface area contributed by atoms with Crippen molar-refractivity contribution >= 4 is 33.3 Å². The average molecular weight is 556 g/mol. The van der Waals surface area contributed by atoms with Crippen LogP contribution in [0.1, 0.15) is 0 Å². The Morgan fingerprint density at radius 1 is 1.11 bits per heavy atom. The number of para-hydroxylation sites is 1. The molecule has 4 rings (SSSR count). The van der Waals surface area contributed by atoms with E-state index in [4.69, 9.17) is 15.9 Å². The molecule has 1 unspecified atom stereocenters. The van der Waals surface area contributed by atoms with E-state index in [9.17, 15) is 9.50 Å². The Labute approximate surface area is 218 Å². The van der Waals surface area contributed by atoms with E-state index in [0.29, 0.717) is 47.4 Å². The molecular formula is C26H27BrFN5O3. The van der Waals surface area contributed by atoms with Crippen LogP contribution < -0.4 is 19.7 Å². The van der Waals surface area contributed by atoms with Crippen LogP contribution >= 0.6 is 15.9 Å². The molecule has 2 N–H and O–H groups in total. The Balaban J connectivity index is 1.21. The monoisotopic (exact) mass is 555 g/mol. The molecule has 0 radical (unpaired) electrons. The first-order chi connectivity index (χ1) is 17.5. The average Bonchev–Trinajstić information content (AvgIpc) is 2.89. The van der Waals surface area contributed by atoms with E-state index in [1.807, 2.05) is 23.1 Å². The molecule has 2 heterocycles. The molecule has 1 saturated heterocycles. The van der Waals surface area contributed by atoms with E-state index in [0.717, 1.165) is 18.8 Å². The van der Waals surface area contributed by atoms with Crippen molar-refractivity contribution in [2.45, 2.75) is 6.10 Å². The van der Waals surface area contributed by atoms with Crippen molar-refractivity contribution in [1.82, 2.24) is 14.9 Å². The lowest BCUT2D eigenvalue weighted by atomic mass is 10.2. The lowest BCUT2D eigenvalue weighted by molar-refractivity contribution is 0.0663. The molecule has 0 saturated carbocycles. The fourth-order valence-electron chi connectivity index (χ4n) is 3.81. The van der Waals surface area contributed by atoms with Gasteiger partial charge in [0.25, 0.3) is 0 Å². The summed E-state index contributed by atoms with van der Waals surface area (Å²) >= 11 is 3.33. The first-order valence-electron chi connectivity index (χ1n) is 11.5. The minimum absolute atomic E-state index is 0.108. The quantitative estimate of drug-likeness (QED) is 0.366. The van der Waals surface area contributed by atoms with Gasteiger partial charge in [0.1, 0.15) is 24.3 Å². The van der Waals surface area contributed by atoms with Gasteiger partial charge in [-0.2, -0.15) is 4.98 Å². The number of β-amino-alcohol motifs (C(OH)–C–C–N with tert-alkyl or cyclic N) is 1. The molecule has 188 valence electrons. The molecule has 0 spiro atoms. The topological polar surface area (TPSA) is 83.0 Å². The lowest BCUT2D eigenvalue weighted by Gasteiger charge is -2.36. The van der Waals surface area contributed by atoms with Crippen LogP contribution in [0.4, 0.5) is 21.7 Å². The number of benzene rings is 2. The maximum absolute atomic E-state index is 14.0. The molecule has 1 aliphatic rings. The summed E-state index contributed by atoms with van der Waals surface area (Å²) < 4.78 is 25.8. The highest BCUT2D eigenvalue weighted by Gasteiger charge is 2.21. The Morgan fingerprint density at radius 3 is 2.58 bits per heavy atom. The summed E-state index contributed by atoms with van der Waals surface area (Å²) in [4.78, 5) is 12.7. The number of nitrogens with zero attached hydrogens (tertiary/aromatic N) is 4. The number of terminal acetylenes is 1. The van der Waals surface area contributed by atoms with Gasteiger partial charge in [-0.15, -0.1) is 6.42 Å². The second-order valence-corrected chi connectivity index (χ2v) is 9.05. The van der Waals surface area contributed by atoms with Crippen LogP contribution in [-0.2, 0) is 0 Å². The molecule has 10 heteroatoms. The number of hydrogen-bond acceptors (Lipinski definition) is 8. The first-order valence-corrected chi connectivity index (χ1v) is 12.3. The van der Waals surface area contributed by atoms with Crippen LogP contribution in [0.15, 0.2) is 59.2 Å². The van der Waals surface area contributed by atoms with E-state index in [2.05, 4.69) is 42.0 Å². The molecule has 1 aromatic heterocycles. The highest BCUT2D eigenvalue weighted by Crippen LogP contribution is 2.25. The van der Waals surface area contributed by atoms with Crippen molar-refractivity contribution in [3.63, 3.8) is 0 Å². The zero-order valence-electron chi connectivity index (χ0n) is 19.6. The number of hydrogen-bond donors (Lipinski definition) is 2. The number of halogens is 2. The first kappa shape index (κ1) is 25.7. The van der Waals surface area contributed by atoms with Gasteiger partial charge in [-0.1, -0.05) is 18.1 Å². The smallest absolute Gasteiger partial charge is 0.233 e. The normalized spacial score (nSPS) is 14.7. The standard InChI is InChI=1S/C26H27BrFN5O3/c1-2-15-35-25-22(27)16-29-26(31-25)30-19-7-9-21(10-8-19)36-18-20(34)17-32-11-13-33(14-12-32)24-6-4-3-5-23(24)28/h1,3-10,16,20,34H,11-15,17-18H2,(H,29,30,31). The number of aliphatic hydroxyl groups is 1. The minimum Gasteiger partial charge on any atom is -0.491 e. The van der Waals surface area contributed by atoms with Crippen molar-refractivity contribution in [2.24, 2.45) is 0 Å². The Morgan fingerprint density at radius 2 is 1.86 bits per heavy atom. The van der Waals surface area contributed by atoms with Crippen LogP contribution in [0.25, 0.3) is 0 Å². The molecule has 0 aliphatic carbocycles. The van der Waals surface area contributed by atoms with Gasteiger partial charge in [-0.05, 0) is 52.3 Å². The maximum atomic E-state index is 14.0. The van der Waals surface area contributed by atoms with Gasteiger partial charge in [0.15, 0.2) is 6.61 Å². The van der Waals surface area contributed by atoms with Crippen LogP contribution in [0, 0.1) is 18.2 Å². The third-order valence-electron chi connectivity index (χ3n) is 5.59. The summed E-state index contributed by atoms with van der Waals surface area (Å²) in [7, 11) is 0. The van der Waals surface area contributed by atoms with Crippen LogP contribution in [-0.4, -0.2) is 72.0 Å². The molecule has 2 aromatic carbocycles. The van der Waals surface area contributed by atoms with Gasteiger partial charge in [0.05, 0.1) is 16.4 Å². The van der Waals surface area contributed by atoms with Crippen molar-refractivity contribution in [1.29, 1.82) is 0 Å². The molecular weight excluding hydrogens is 529 g/mol. The van der Waals surface area contributed by atoms with Gasteiger partial charge in [-0.25, -0.2) is 9.37 Å². The molecule has 8 nitrogen and oxygen atoms in total. The van der Waals surface area contributed by atoms with Crippen molar-refractivity contribution in [3.05, 3.63) is 65.0 Å². The zero-order valence-corrected chi connectivity index (χ0v) is 21.2. The van der Waals surface area contributed by atoms with Crippen LogP contribution in [0.3, 0.4) is 0 Å². The van der Waals surface area contributed by atoms with Crippen LogP contribution in [0.2, 0.25) is 0 Å². The lowest BCUT2D eigenvalue weighted by Crippen LogP contribution is -2.49. The van der Waals surface area contributed by atoms with E-state index in [-0.39, 0.29) is 19.0 Å². The second-order valence-electron chi connectivity index (χ2n) is 8.19. The van der Waals surface area contributed by atoms with E-state index in [1.54, 1.807) is 30.5 Å². The SMILES string of the molecule is C#CCOc1nc(Nc2ccc(OCC(O)CN3CCN(c4ccccc4F)CC3)cc2)ncc1Br. The number of aromatic nitrogens is 2. The van der Waals surface area contributed by atoms with E-state index >= 15 is 0 Å². The molecule has 3 aromatic rings. The van der Waals surface area contributed by atoms with E-state index in [1.165, 1.54) is 6.07 Å². The summed E-state index contributed by atoms with van der Waals surface area (Å²) in [5.74, 6) is 3.55. The van der Waals surface area contributed by atoms with Crippen molar-refractivity contribution < 1.29 is 19.0 Å². The summed E-state index contributed by atoms with van der Waals surface area (Å²) in [6.07, 6.45) is 6.17. The molecule has 1 fully saturated rings. The fourth-order valence-corrected chi connectivity index (χ4v) is 4.11. The molecule has 1 aliphatic heterocycles. The Kier molecular flexibility index (Phi) is 8.95. The van der Waals surface area contributed by atoms with Gasteiger partial charge in [0.2, 0.25) is 11.8 Å². The number of rotatable bonds is 10. The number of aliphatic hydroxyl groups excluding tert-OH is 1. The largest absolute Gasteiger partial charge is 0.491 e. The Bertz CT molecular complexity index is 1180. The highest BCUT2D eigenvalue weighted by molar-refractivity contribution is 9.10. The van der Waals surface area contributed by atoms with Crippen molar-refractivity contribution in [2.75, 3.05) is 56.2 Å². The number of piperazine rings is 1. The summed E-state index contributed by atoms with van der Waals surface area (Å²) in [6, 6.07) is 14.1. The fraction of sp³-hybridized carbons (Fsp3) is 0.308. The predicted octanol–water partition coefficient (Wildman–Crippen LogP) is 3.70. The highest BCUT2D eigenvalue weighted by atomic mass is 79.9. The summed E-state index contributed by atoms with van der Waals surface area (Å²) in [5.41, 5.74) is 1.39. The van der Waals surface area contributed by atoms with Gasteiger partial charge < -0.3 is 24.8 Å². The second kappa shape index (κ2) is 12.5. The number of nitrogens with one attached hydrogen (secondary N) is 1. The predicted molar refractivity (Wildman–Crippen MR) is 140 cm³/mol. The maximum Gasteiger partial charge on any atom is 0.233 e. The number of ether oxygens (including phenoxy) is 2. The van der Waals surface area contributed by atoms with Crippen LogP contribution in [0.5, 0.6) is 11.6 Å². The van der Waals surface area contributed by atoms with Gasteiger partial charge in [-0.3, -0.25) is 4.90 Å². The van der Waals surface area contributed by atoms with E-state index < -0.39 is 6.10 Å². The summed E-state index contributed by atoms with van der Waals surface area (Å²) in [6.45, 7) is 3.70. The van der Waals surface area contributed by atoms with Crippen molar-refractivity contribution in [3.8, 4) is 24.0 Å². The zero-order chi connectivity index (χ0) is 25.3. The van der Waals surface area contributed by atoms with Gasteiger partial charge >= 0.3 is 0 Å². The third-order valence-corrected chi connectivity index (χ3v) is 6.14. The molecule has 36 heavy (non-hydrogen) atoms. The molecule has 1 atom stereocenters. The molecule has 0 amide bonds. The Hall–Kier alpha value is -3.39. The number of anilines is 3. The van der Waals surface area contributed by atoms with Gasteiger partial charge in [0, 0.05) is 38.4 Å². The third kappa shape index (κ3) is 7.07. The summed E-state index contributed by atoms with van der Waals surface area (Å²) in [5, 5.41) is 13.6. The molecule has 0 bridgehead atoms.